The number of carboxylic acid groups (broad SMARTS) is 1. The highest BCUT2D eigenvalue weighted by molar-refractivity contribution is 7.89. The summed E-state index contributed by atoms with van der Waals surface area (Å²) < 4.78 is 26.3. The van der Waals surface area contributed by atoms with Gasteiger partial charge in [-0.15, -0.1) is 0 Å². The molecule has 5 nitrogen and oxygen atoms in total. The van der Waals surface area contributed by atoms with Crippen molar-refractivity contribution in [3.8, 4) is 0 Å². The highest BCUT2D eigenvalue weighted by Crippen LogP contribution is 2.22. The number of aromatic carboxylic acids is 1. The van der Waals surface area contributed by atoms with Crippen LogP contribution >= 0.6 is 0 Å². The molecule has 1 N–H and O–H groups in total. The van der Waals surface area contributed by atoms with Crippen molar-refractivity contribution in [2.24, 2.45) is 0 Å². The maximum Gasteiger partial charge on any atom is 0.335 e. The fourth-order valence-corrected chi connectivity index (χ4v) is 3.75. The Bertz CT molecular complexity index is 566. The Morgan fingerprint density at radius 3 is 2.42 bits per heavy atom. The van der Waals surface area contributed by atoms with Crippen molar-refractivity contribution in [3.63, 3.8) is 0 Å². The van der Waals surface area contributed by atoms with E-state index >= 15 is 0 Å². The van der Waals surface area contributed by atoms with Gasteiger partial charge in [0, 0.05) is 13.1 Å². The van der Waals surface area contributed by atoms with Gasteiger partial charge in [0.25, 0.3) is 0 Å². The van der Waals surface area contributed by atoms with E-state index in [1.165, 1.54) is 29.4 Å². The topological polar surface area (TPSA) is 74.7 Å². The van der Waals surface area contributed by atoms with Crippen LogP contribution in [0.3, 0.4) is 0 Å². The average molecular weight is 285 g/mol. The second-order valence-electron chi connectivity index (χ2n) is 4.23. The summed E-state index contributed by atoms with van der Waals surface area (Å²) in [6.45, 7) is 5.99. The quantitative estimate of drug-likeness (QED) is 0.868. The number of sulfonamides is 1. The molecule has 0 atom stereocenters. The van der Waals surface area contributed by atoms with Crippen molar-refractivity contribution >= 4 is 16.0 Å². The predicted molar refractivity (Wildman–Crippen MR) is 72.9 cm³/mol. The summed E-state index contributed by atoms with van der Waals surface area (Å²) in [7, 11) is -3.63. The number of hydrogen-bond acceptors (Lipinski definition) is 3. The van der Waals surface area contributed by atoms with E-state index in [4.69, 9.17) is 5.11 Å². The van der Waals surface area contributed by atoms with Gasteiger partial charge in [-0.2, -0.15) is 4.31 Å². The molecule has 0 spiro atoms. The van der Waals surface area contributed by atoms with E-state index in [0.29, 0.717) is 19.5 Å². The van der Waals surface area contributed by atoms with E-state index in [-0.39, 0.29) is 16.0 Å². The number of nitrogens with zero attached hydrogens (tertiary/aromatic N) is 1. The van der Waals surface area contributed by atoms with Gasteiger partial charge >= 0.3 is 5.97 Å². The van der Waals surface area contributed by atoms with Gasteiger partial charge in [0.15, 0.2) is 0 Å². The number of rotatable bonds is 6. The van der Waals surface area contributed by atoms with Crippen LogP contribution < -0.4 is 0 Å². The van der Waals surface area contributed by atoms with Crippen LogP contribution in [0.5, 0.6) is 0 Å². The Kier molecular flexibility index (Phi) is 5.08. The Morgan fingerprint density at radius 2 is 1.95 bits per heavy atom. The first-order valence-electron chi connectivity index (χ1n) is 6.19. The van der Waals surface area contributed by atoms with Crippen LogP contribution in [0.15, 0.2) is 23.1 Å². The molecule has 1 rings (SSSR count). The minimum Gasteiger partial charge on any atom is -0.478 e. The van der Waals surface area contributed by atoms with Crippen molar-refractivity contribution in [2.45, 2.75) is 32.1 Å². The van der Waals surface area contributed by atoms with E-state index < -0.39 is 16.0 Å². The van der Waals surface area contributed by atoms with Crippen LogP contribution in [0.2, 0.25) is 0 Å². The van der Waals surface area contributed by atoms with Crippen molar-refractivity contribution in [1.82, 2.24) is 4.31 Å². The van der Waals surface area contributed by atoms with Crippen molar-refractivity contribution in [2.75, 3.05) is 13.1 Å². The van der Waals surface area contributed by atoms with Crippen LogP contribution in [0.25, 0.3) is 0 Å². The summed E-state index contributed by atoms with van der Waals surface area (Å²) in [5, 5.41) is 9.05. The highest BCUT2D eigenvalue weighted by Gasteiger charge is 2.25. The van der Waals surface area contributed by atoms with Crippen molar-refractivity contribution in [3.05, 3.63) is 29.3 Å². The summed E-state index contributed by atoms with van der Waals surface area (Å²) in [5.41, 5.74) is 0.304. The third-order valence-corrected chi connectivity index (χ3v) is 5.08. The maximum absolute atomic E-state index is 12.5. The lowest BCUT2D eigenvalue weighted by Crippen LogP contribution is -2.32. The zero-order valence-corrected chi connectivity index (χ0v) is 12.2. The van der Waals surface area contributed by atoms with Gasteiger partial charge in [-0.3, -0.25) is 0 Å². The first-order valence-corrected chi connectivity index (χ1v) is 7.63. The highest BCUT2D eigenvalue weighted by atomic mass is 32.2. The van der Waals surface area contributed by atoms with E-state index in [1.807, 2.05) is 6.92 Å². The van der Waals surface area contributed by atoms with E-state index in [2.05, 4.69) is 0 Å². The molecule has 19 heavy (non-hydrogen) atoms. The molecule has 0 heterocycles. The molecule has 0 aliphatic carbocycles. The lowest BCUT2D eigenvalue weighted by molar-refractivity contribution is 0.0696. The van der Waals surface area contributed by atoms with Crippen LogP contribution in [0, 0.1) is 6.92 Å². The molecule has 1 aromatic rings. The zero-order valence-electron chi connectivity index (χ0n) is 11.4. The van der Waals surface area contributed by atoms with Gasteiger partial charge in [0.05, 0.1) is 10.5 Å². The Morgan fingerprint density at radius 1 is 1.32 bits per heavy atom. The molecule has 0 radical (unpaired) electrons. The fraction of sp³-hybridized carbons (Fsp3) is 0.462. The van der Waals surface area contributed by atoms with Crippen molar-refractivity contribution < 1.29 is 18.3 Å². The Balaban J connectivity index is 3.37. The SMILES string of the molecule is CCCN(CC)S(=O)(=O)c1cccc(C(=O)O)c1C. The summed E-state index contributed by atoms with van der Waals surface area (Å²) >= 11 is 0. The summed E-state index contributed by atoms with van der Waals surface area (Å²) in [6.07, 6.45) is 0.713. The first kappa shape index (κ1) is 15.7. The third-order valence-electron chi connectivity index (χ3n) is 2.96. The molecular weight excluding hydrogens is 266 g/mol. The second kappa shape index (κ2) is 6.16. The van der Waals surface area contributed by atoms with Crippen LogP contribution in [0.4, 0.5) is 0 Å². The smallest absolute Gasteiger partial charge is 0.335 e. The molecule has 0 aliphatic heterocycles. The van der Waals surface area contributed by atoms with Gasteiger partial charge in [-0.25, -0.2) is 13.2 Å². The fourth-order valence-electron chi connectivity index (χ4n) is 1.96. The standard InChI is InChI=1S/C13H19NO4S/c1-4-9-14(5-2)19(17,18)12-8-6-7-11(10(12)3)13(15)16/h6-8H,4-5,9H2,1-3H3,(H,15,16). The number of benzene rings is 1. The average Bonchev–Trinajstić information content (AvgIpc) is 2.35. The monoisotopic (exact) mass is 285 g/mol. The molecule has 0 bridgehead atoms. The molecule has 0 amide bonds. The van der Waals surface area contributed by atoms with Crippen LogP contribution in [0.1, 0.15) is 36.2 Å². The number of carbonyl (C=O) groups is 1. The minimum absolute atomic E-state index is 0.0219. The molecule has 0 fully saturated rings. The Hall–Kier alpha value is -1.40. The molecule has 0 aromatic heterocycles. The van der Waals surface area contributed by atoms with E-state index in [9.17, 15) is 13.2 Å². The number of hydrogen-bond donors (Lipinski definition) is 1. The number of carboxylic acids is 1. The zero-order chi connectivity index (χ0) is 14.6. The Labute approximate surface area is 113 Å². The molecule has 6 heteroatoms. The molecule has 0 saturated carbocycles. The van der Waals surface area contributed by atoms with Gasteiger partial charge in [-0.05, 0) is 31.0 Å². The van der Waals surface area contributed by atoms with Crippen molar-refractivity contribution in [1.29, 1.82) is 0 Å². The van der Waals surface area contributed by atoms with Gasteiger partial charge in [0.2, 0.25) is 10.0 Å². The normalized spacial score (nSPS) is 11.8. The summed E-state index contributed by atoms with van der Waals surface area (Å²) in [6, 6.07) is 4.32. The summed E-state index contributed by atoms with van der Waals surface area (Å²) in [4.78, 5) is 11.1. The lowest BCUT2D eigenvalue weighted by Gasteiger charge is -2.21. The van der Waals surface area contributed by atoms with Crippen LogP contribution in [-0.4, -0.2) is 36.9 Å². The van der Waals surface area contributed by atoms with Gasteiger partial charge in [-0.1, -0.05) is 19.9 Å². The third kappa shape index (κ3) is 3.13. The summed E-state index contributed by atoms with van der Waals surface area (Å²) in [5.74, 6) is -1.12. The molecule has 0 unspecified atom stereocenters. The van der Waals surface area contributed by atoms with E-state index in [1.54, 1.807) is 6.92 Å². The second-order valence-corrected chi connectivity index (χ2v) is 6.14. The largest absolute Gasteiger partial charge is 0.478 e. The molecule has 1 aromatic carbocycles. The molecule has 106 valence electrons. The van der Waals surface area contributed by atoms with Crippen LogP contribution in [-0.2, 0) is 10.0 Å². The maximum atomic E-state index is 12.5. The van der Waals surface area contributed by atoms with Gasteiger partial charge < -0.3 is 5.11 Å². The van der Waals surface area contributed by atoms with Gasteiger partial charge in [0.1, 0.15) is 0 Å². The predicted octanol–water partition coefficient (Wildman–Crippen LogP) is 2.11. The lowest BCUT2D eigenvalue weighted by atomic mass is 10.1. The van der Waals surface area contributed by atoms with E-state index in [0.717, 1.165) is 0 Å². The first-order chi connectivity index (χ1) is 8.86. The molecule has 0 aliphatic rings. The molecular formula is C13H19NO4S. The molecule has 0 saturated heterocycles. The minimum atomic E-state index is -3.63.